The smallest absolute Gasteiger partial charge is 0.253 e. The van der Waals surface area contributed by atoms with Gasteiger partial charge in [-0.1, -0.05) is 6.07 Å². The highest BCUT2D eigenvalue weighted by Crippen LogP contribution is 2.18. The lowest BCUT2D eigenvalue weighted by atomic mass is 9.96. The van der Waals surface area contributed by atoms with Crippen molar-refractivity contribution >= 4 is 5.91 Å². The van der Waals surface area contributed by atoms with Crippen molar-refractivity contribution in [2.45, 2.75) is 12.8 Å². The zero-order chi connectivity index (χ0) is 12.3. The summed E-state index contributed by atoms with van der Waals surface area (Å²) in [5.41, 5.74) is 6.03. The molecule has 1 fully saturated rings. The van der Waals surface area contributed by atoms with Crippen LogP contribution in [0, 0.1) is 11.7 Å². The van der Waals surface area contributed by atoms with Crippen LogP contribution in [0.2, 0.25) is 0 Å². The van der Waals surface area contributed by atoms with Crippen LogP contribution in [0.1, 0.15) is 23.2 Å². The van der Waals surface area contributed by atoms with Gasteiger partial charge < -0.3 is 10.6 Å². The van der Waals surface area contributed by atoms with Crippen LogP contribution in [-0.2, 0) is 0 Å². The third-order valence-electron chi connectivity index (χ3n) is 3.31. The lowest BCUT2D eigenvalue weighted by molar-refractivity contribution is 0.0693. The van der Waals surface area contributed by atoms with E-state index >= 15 is 0 Å². The average molecular weight is 236 g/mol. The van der Waals surface area contributed by atoms with Gasteiger partial charge in [0.15, 0.2) is 0 Å². The first-order valence-electron chi connectivity index (χ1n) is 5.95. The summed E-state index contributed by atoms with van der Waals surface area (Å²) in [5.74, 6) is 0.0687. The van der Waals surface area contributed by atoms with E-state index in [1.165, 1.54) is 12.1 Å². The average Bonchev–Trinajstić information content (AvgIpc) is 2.38. The van der Waals surface area contributed by atoms with E-state index in [-0.39, 0.29) is 11.7 Å². The zero-order valence-electron chi connectivity index (χ0n) is 9.73. The lowest BCUT2D eigenvalue weighted by Crippen LogP contribution is -2.40. The van der Waals surface area contributed by atoms with Gasteiger partial charge in [-0.2, -0.15) is 0 Å². The summed E-state index contributed by atoms with van der Waals surface area (Å²) >= 11 is 0. The number of amides is 1. The van der Waals surface area contributed by atoms with Gasteiger partial charge in [0.05, 0.1) is 0 Å². The fraction of sp³-hybridized carbons (Fsp3) is 0.462. The van der Waals surface area contributed by atoms with Crippen LogP contribution in [-0.4, -0.2) is 30.4 Å². The van der Waals surface area contributed by atoms with Gasteiger partial charge in [0.1, 0.15) is 5.82 Å². The Morgan fingerprint density at radius 1 is 1.41 bits per heavy atom. The minimum absolute atomic E-state index is 0.0834. The van der Waals surface area contributed by atoms with Gasteiger partial charge in [-0.05, 0) is 43.5 Å². The molecule has 0 bridgehead atoms. The summed E-state index contributed by atoms with van der Waals surface area (Å²) in [5, 5.41) is 0. The van der Waals surface area contributed by atoms with Gasteiger partial charge in [0.2, 0.25) is 0 Å². The molecule has 17 heavy (non-hydrogen) atoms. The summed E-state index contributed by atoms with van der Waals surface area (Å²) in [6, 6.07) is 5.85. The number of nitrogens with zero attached hydrogens (tertiary/aromatic N) is 1. The predicted molar refractivity (Wildman–Crippen MR) is 64.1 cm³/mol. The normalized spacial score (nSPS) is 17.2. The number of hydrogen-bond donors (Lipinski definition) is 1. The van der Waals surface area contributed by atoms with E-state index in [1.807, 2.05) is 0 Å². The van der Waals surface area contributed by atoms with E-state index in [2.05, 4.69) is 0 Å². The molecule has 3 nitrogen and oxygen atoms in total. The van der Waals surface area contributed by atoms with Crippen molar-refractivity contribution < 1.29 is 9.18 Å². The molecule has 92 valence electrons. The third-order valence-corrected chi connectivity index (χ3v) is 3.31. The number of carbonyl (C=O) groups is 1. The van der Waals surface area contributed by atoms with Crippen LogP contribution in [0.3, 0.4) is 0 Å². The van der Waals surface area contributed by atoms with Crippen molar-refractivity contribution in [2.24, 2.45) is 11.7 Å². The van der Waals surface area contributed by atoms with E-state index in [9.17, 15) is 9.18 Å². The van der Waals surface area contributed by atoms with Crippen molar-refractivity contribution in [1.29, 1.82) is 0 Å². The molecule has 1 aromatic rings. The van der Waals surface area contributed by atoms with Gasteiger partial charge in [-0.15, -0.1) is 0 Å². The Morgan fingerprint density at radius 2 is 2.12 bits per heavy atom. The van der Waals surface area contributed by atoms with Gasteiger partial charge >= 0.3 is 0 Å². The van der Waals surface area contributed by atoms with E-state index in [0.717, 1.165) is 25.9 Å². The molecule has 0 saturated carbocycles. The molecule has 0 spiro atoms. The fourth-order valence-corrected chi connectivity index (χ4v) is 2.18. The molecule has 2 N–H and O–H groups in total. The standard InChI is InChI=1S/C13H17FN2O/c14-12-3-1-2-11(8-12)13(17)16-6-4-10(9-15)5-7-16/h1-3,8,10H,4-7,9,15H2. The molecule has 1 aliphatic rings. The highest BCUT2D eigenvalue weighted by Gasteiger charge is 2.22. The topological polar surface area (TPSA) is 46.3 Å². The molecule has 1 amide bonds. The van der Waals surface area contributed by atoms with Crippen molar-refractivity contribution in [2.75, 3.05) is 19.6 Å². The van der Waals surface area contributed by atoms with E-state index in [1.54, 1.807) is 17.0 Å². The maximum absolute atomic E-state index is 13.0. The second-order valence-electron chi connectivity index (χ2n) is 4.48. The lowest BCUT2D eigenvalue weighted by Gasteiger charge is -2.31. The summed E-state index contributed by atoms with van der Waals surface area (Å²) in [7, 11) is 0. The highest BCUT2D eigenvalue weighted by atomic mass is 19.1. The molecular formula is C13H17FN2O. The van der Waals surface area contributed by atoms with Gasteiger partial charge in [-0.25, -0.2) is 4.39 Å². The van der Waals surface area contributed by atoms with E-state index in [0.29, 0.717) is 18.0 Å². The molecule has 4 heteroatoms. The highest BCUT2D eigenvalue weighted by molar-refractivity contribution is 5.94. The van der Waals surface area contributed by atoms with Crippen LogP contribution in [0.4, 0.5) is 4.39 Å². The molecule has 0 aromatic heterocycles. The molecule has 2 rings (SSSR count). The first-order chi connectivity index (χ1) is 8.20. The molecule has 1 aromatic carbocycles. The van der Waals surface area contributed by atoms with Crippen LogP contribution >= 0.6 is 0 Å². The molecular weight excluding hydrogens is 219 g/mol. The maximum Gasteiger partial charge on any atom is 0.253 e. The van der Waals surface area contributed by atoms with Gasteiger partial charge in [0.25, 0.3) is 5.91 Å². The Kier molecular flexibility index (Phi) is 3.74. The van der Waals surface area contributed by atoms with E-state index < -0.39 is 0 Å². The summed E-state index contributed by atoms with van der Waals surface area (Å²) in [6.45, 7) is 2.12. The minimum Gasteiger partial charge on any atom is -0.339 e. The monoisotopic (exact) mass is 236 g/mol. The van der Waals surface area contributed by atoms with Crippen LogP contribution in [0.25, 0.3) is 0 Å². The first kappa shape index (κ1) is 12.0. The zero-order valence-corrected chi connectivity index (χ0v) is 9.73. The Morgan fingerprint density at radius 3 is 2.71 bits per heavy atom. The van der Waals surface area contributed by atoms with Crippen LogP contribution in [0.5, 0.6) is 0 Å². The van der Waals surface area contributed by atoms with Gasteiger partial charge in [-0.3, -0.25) is 4.79 Å². The quantitative estimate of drug-likeness (QED) is 0.848. The Bertz CT molecular complexity index is 400. The second-order valence-corrected chi connectivity index (χ2v) is 4.48. The summed E-state index contributed by atoms with van der Waals surface area (Å²) in [6.07, 6.45) is 1.88. The SMILES string of the molecule is NCC1CCN(C(=O)c2cccc(F)c2)CC1. The number of benzene rings is 1. The van der Waals surface area contributed by atoms with Crippen LogP contribution in [0.15, 0.2) is 24.3 Å². The molecule has 1 saturated heterocycles. The third kappa shape index (κ3) is 2.82. The fourth-order valence-electron chi connectivity index (χ4n) is 2.18. The Labute approximate surface area is 100 Å². The number of hydrogen-bond acceptors (Lipinski definition) is 2. The number of nitrogens with two attached hydrogens (primary N) is 1. The molecule has 0 radical (unpaired) electrons. The number of rotatable bonds is 2. The molecule has 0 atom stereocenters. The van der Waals surface area contributed by atoms with Gasteiger partial charge in [0, 0.05) is 18.7 Å². The van der Waals surface area contributed by atoms with Crippen molar-refractivity contribution in [3.05, 3.63) is 35.6 Å². The van der Waals surface area contributed by atoms with Crippen molar-refractivity contribution in [3.8, 4) is 0 Å². The predicted octanol–water partition coefficient (Wildman–Crippen LogP) is 1.64. The summed E-state index contributed by atoms with van der Waals surface area (Å²) < 4.78 is 13.0. The Balaban J connectivity index is 2.02. The number of likely N-dealkylation sites (tertiary alicyclic amines) is 1. The molecule has 0 aliphatic carbocycles. The number of halogens is 1. The Hall–Kier alpha value is -1.42. The number of piperidine rings is 1. The largest absolute Gasteiger partial charge is 0.339 e. The second kappa shape index (κ2) is 5.27. The molecule has 0 unspecified atom stereocenters. The number of carbonyl (C=O) groups excluding carboxylic acids is 1. The molecule has 1 aliphatic heterocycles. The maximum atomic E-state index is 13.0. The van der Waals surface area contributed by atoms with Crippen molar-refractivity contribution in [1.82, 2.24) is 4.90 Å². The molecule has 1 heterocycles. The minimum atomic E-state index is -0.368. The van der Waals surface area contributed by atoms with E-state index in [4.69, 9.17) is 5.73 Å². The first-order valence-corrected chi connectivity index (χ1v) is 5.95. The van der Waals surface area contributed by atoms with Crippen LogP contribution < -0.4 is 5.73 Å². The summed E-state index contributed by atoms with van der Waals surface area (Å²) in [4.78, 5) is 13.9. The van der Waals surface area contributed by atoms with Crippen molar-refractivity contribution in [3.63, 3.8) is 0 Å².